The number of hydrogen-bond donors (Lipinski definition) is 0. The summed E-state index contributed by atoms with van der Waals surface area (Å²) in [4.78, 5) is 0.247. The van der Waals surface area contributed by atoms with Crippen LogP contribution in [-0.2, 0) is 16.6 Å². The molecule has 0 aliphatic rings. The Balaban J connectivity index is 2.00. The fourth-order valence-corrected chi connectivity index (χ4v) is 4.73. The van der Waals surface area contributed by atoms with Crippen molar-refractivity contribution in [2.24, 2.45) is 0 Å². The van der Waals surface area contributed by atoms with Gasteiger partial charge < -0.3 is 0 Å². The molecule has 0 unspecified atom stereocenters. The summed E-state index contributed by atoms with van der Waals surface area (Å²) in [6, 6.07) is 25.5. The number of benzene rings is 3. The maximum absolute atomic E-state index is 13.5. The molecule has 0 fully saturated rings. The minimum atomic E-state index is -3.74. The monoisotopic (exact) mass is 467 g/mol. The van der Waals surface area contributed by atoms with Crippen LogP contribution in [0.5, 0.6) is 0 Å². The van der Waals surface area contributed by atoms with Gasteiger partial charge in [-0.2, -0.15) is 4.31 Å². The minimum absolute atomic E-state index is 0.245. The smallest absolute Gasteiger partial charge is 0.207 e. The Bertz CT molecular complexity index is 1060. The van der Waals surface area contributed by atoms with Gasteiger partial charge in [0.15, 0.2) is 0 Å². The van der Waals surface area contributed by atoms with Crippen LogP contribution < -0.4 is 0 Å². The van der Waals surface area contributed by atoms with Gasteiger partial charge in [-0.15, -0.1) is 6.58 Å². The second-order valence-electron chi connectivity index (χ2n) is 6.49. The molecule has 3 rings (SSSR count). The number of sulfonamides is 1. The Kier molecular flexibility index (Phi) is 7.20. The van der Waals surface area contributed by atoms with Gasteiger partial charge >= 0.3 is 0 Å². The first-order chi connectivity index (χ1) is 14.0. The van der Waals surface area contributed by atoms with E-state index in [0.29, 0.717) is 0 Å². The van der Waals surface area contributed by atoms with Crippen LogP contribution in [0.25, 0.3) is 6.08 Å². The second-order valence-corrected chi connectivity index (χ2v) is 9.29. The first-order valence-corrected chi connectivity index (χ1v) is 11.4. The Morgan fingerprint density at radius 2 is 1.48 bits per heavy atom. The van der Waals surface area contributed by atoms with Gasteiger partial charge in [0, 0.05) is 11.0 Å². The molecule has 0 saturated carbocycles. The molecule has 0 heterocycles. The highest BCUT2D eigenvalue weighted by atomic mass is 79.9. The number of rotatable bonds is 8. The SMILES string of the molecule is C=C[C@@H](/C=C/c1ccccc1)N(Cc1ccccc1)S(=O)(=O)c1ccc(Br)cc1. The fraction of sp³-hybridized carbons (Fsp3) is 0.0833. The summed E-state index contributed by atoms with van der Waals surface area (Å²) in [7, 11) is -3.74. The molecule has 0 N–H and O–H groups in total. The molecule has 3 aromatic carbocycles. The Morgan fingerprint density at radius 3 is 2.07 bits per heavy atom. The van der Waals surface area contributed by atoms with Crippen molar-refractivity contribution in [1.29, 1.82) is 0 Å². The van der Waals surface area contributed by atoms with Crippen molar-refractivity contribution in [3.05, 3.63) is 119 Å². The van der Waals surface area contributed by atoms with Crippen molar-refractivity contribution in [3.8, 4) is 0 Å². The lowest BCUT2D eigenvalue weighted by Crippen LogP contribution is -2.37. The van der Waals surface area contributed by atoms with Gasteiger partial charge in [0.2, 0.25) is 10.0 Å². The lowest BCUT2D eigenvalue weighted by molar-refractivity contribution is 0.394. The summed E-state index contributed by atoms with van der Waals surface area (Å²) in [5, 5.41) is 0. The van der Waals surface area contributed by atoms with Gasteiger partial charge in [-0.25, -0.2) is 8.42 Å². The maximum Gasteiger partial charge on any atom is 0.244 e. The molecule has 0 radical (unpaired) electrons. The van der Waals surface area contributed by atoms with E-state index in [4.69, 9.17) is 0 Å². The summed E-state index contributed by atoms with van der Waals surface area (Å²) < 4.78 is 29.3. The summed E-state index contributed by atoms with van der Waals surface area (Å²) >= 11 is 3.36. The molecule has 3 nitrogen and oxygen atoms in total. The van der Waals surface area contributed by atoms with Crippen molar-refractivity contribution in [1.82, 2.24) is 4.31 Å². The molecule has 0 amide bonds. The van der Waals surface area contributed by atoms with E-state index in [-0.39, 0.29) is 11.4 Å². The molecule has 0 aliphatic carbocycles. The number of nitrogens with zero attached hydrogens (tertiary/aromatic N) is 1. The molecule has 0 aliphatic heterocycles. The van der Waals surface area contributed by atoms with Gasteiger partial charge in [-0.1, -0.05) is 94.8 Å². The van der Waals surface area contributed by atoms with Crippen molar-refractivity contribution < 1.29 is 8.42 Å². The molecule has 148 valence electrons. The van der Waals surface area contributed by atoms with E-state index in [9.17, 15) is 8.42 Å². The van der Waals surface area contributed by atoms with Crippen molar-refractivity contribution in [2.75, 3.05) is 0 Å². The van der Waals surface area contributed by atoms with E-state index in [1.54, 1.807) is 30.3 Å². The minimum Gasteiger partial charge on any atom is -0.207 e. The molecule has 3 aromatic rings. The molecule has 0 spiro atoms. The number of hydrogen-bond acceptors (Lipinski definition) is 2. The van der Waals surface area contributed by atoms with Crippen LogP contribution in [0.3, 0.4) is 0 Å². The lowest BCUT2D eigenvalue weighted by atomic mass is 10.1. The quantitative estimate of drug-likeness (QED) is 0.386. The van der Waals surface area contributed by atoms with Crippen molar-refractivity contribution >= 4 is 32.0 Å². The third-order valence-corrected chi connectivity index (χ3v) is 6.85. The molecular weight excluding hydrogens is 446 g/mol. The van der Waals surface area contributed by atoms with Gasteiger partial charge in [-0.05, 0) is 35.4 Å². The zero-order valence-electron chi connectivity index (χ0n) is 15.9. The summed E-state index contributed by atoms with van der Waals surface area (Å²) in [5.41, 5.74) is 1.91. The highest BCUT2D eigenvalue weighted by molar-refractivity contribution is 9.10. The highest BCUT2D eigenvalue weighted by Gasteiger charge is 2.29. The summed E-state index contributed by atoms with van der Waals surface area (Å²) in [6.07, 6.45) is 5.43. The van der Waals surface area contributed by atoms with Crippen LogP contribution in [0, 0.1) is 0 Å². The summed E-state index contributed by atoms with van der Waals surface area (Å²) in [6.45, 7) is 4.14. The lowest BCUT2D eigenvalue weighted by Gasteiger charge is -2.27. The zero-order chi connectivity index (χ0) is 20.7. The van der Waals surface area contributed by atoms with Crippen molar-refractivity contribution in [2.45, 2.75) is 17.5 Å². The average Bonchev–Trinajstić information content (AvgIpc) is 2.75. The topological polar surface area (TPSA) is 37.4 Å². The predicted molar refractivity (Wildman–Crippen MR) is 123 cm³/mol. The van der Waals surface area contributed by atoms with Crippen LogP contribution in [-0.4, -0.2) is 18.8 Å². The van der Waals surface area contributed by atoms with Gasteiger partial charge in [0.25, 0.3) is 0 Å². The van der Waals surface area contributed by atoms with E-state index in [2.05, 4.69) is 22.5 Å². The van der Waals surface area contributed by atoms with Gasteiger partial charge in [0.1, 0.15) is 0 Å². The highest BCUT2D eigenvalue weighted by Crippen LogP contribution is 2.24. The van der Waals surface area contributed by atoms with Gasteiger partial charge in [-0.3, -0.25) is 0 Å². The maximum atomic E-state index is 13.5. The van der Waals surface area contributed by atoms with E-state index < -0.39 is 16.1 Å². The predicted octanol–water partition coefficient (Wildman–Crippen LogP) is 5.91. The first kappa shape index (κ1) is 21.2. The fourth-order valence-electron chi connectivity index (χ4n) is 2.92. The van der Waals surface area contributed by atoms with E-state index in [1.165, 1.54) is 4.31 Å². The third-order valence-electron chi connectivity index (χ3n) is 4.46. The van der Waals surface area contributed by atoms with Crippen molar-refractivity contribution in [3.63, 3.8) is 0 Å². The third kappa shape index (κ3) is 5.54. The van der Waals surface area contributed by atoms with Crippen LogP contribution in [0.4, 0.5) is 0 Å². The first-order valence-electron chi connectivity index (χ1n) is 9.18. The van der Waals surface area contributed by atoms with Crippen LogP contribution in [0.2, 0.25) is 0 Å². The molecule has 0 bridgehead atoms. The average molecular weight is 468 g/mol. The van der Waals surface area contributed by atoms with E-state index in [1.807, 2.05) is 72.8 Å². The molecule has 5 heteroatoms. The molecule has 0 saturated heterocycles. The Hall–Kier alpha value is -2.47. The second kappa shape index (κ2) is 9.83. The normalized spacial score (nSPS) is 12.9. The van der Waals surface area contributed by atoms with Crippen LogP contribution in [0.1, 0.15) is 11.1 Å². The molecule has 29 heavy (non-hydrogen) atoms. The molecular formula is C24H22BrNO2S. The van der Waals surface area contributed by atoms with Crippen LogP contribution in [0.15, 0.2) is 113 Å². The molecule has 0 aromatic heterocycles. The standard InChI is InChI=1S/C24H22BrNO2S/c1-2-23(16-13-20-9-5-3-6-10-20)26(19-21-11-7-4-8-12-21)29(27,28)24-17-14-22(25)15-18-24/h2-18,23H,1,19H2/b16-13+/t23-/m0/s1. The largest absolute Gasteiger partial charge is 0.244 e. The Labute approximate surface area is 181 Å². The van der Waals surface area contributed by atoms with Crippen LogP contribution >= 0.6 is 15.9 Å². The number of halogens is 1. The van der Waals surface area contributed by atoms with E-state index in [0.717, 1.165) is 15.6 Å². The molecule has 1 atom stereocenters. The van der Waals surface area contributed by atoms with E-state index >= 15 is 0 Å². The zero-order valence-corrected chi connectivity index (χ0v) is 18.3. The Morgan fingerprint density at radius 1 is 0.897 bits per heavy atom. The summed E-state index contributed by atoms with van der Waals surface area (Å²) in [5.74, 6) is 0. The van der Waals surface area contributed by atoms with Gasteiger partial charge in [0.05, 0.1) is 10.9 Å².